The molecule has 1 aromatic heterocycles. The van der Waals surface area contributed by atoms with Crippen LogP contribution in [-0.4, -0.2) is 23.1 Å². The van der Waals surface area contributed by atoms with E-state index in [4.69, 9.17) is 0 Å². The van der Waals surface area contributed by atoms with Crippen LogP contribution in [-0.2, 0) is 6.54 Å². The molecule has 1 aromatic carbocycles. The van der Waals surface area contributed by atoms with Crippen molar-refractivity contribution in [3.8, 4) is 0 Å². The van der Waals surface area contributed by atoms with Crippen molar-refractivity contribution in [2.24, 2.45) is 0 Å². The van der Waals surface area contributed by atoms with Crippen molar-refractivity contribution in [1.29, 1.82) is 0 Å². The Morgan fingerprint density at radius 2 is 2.05 bits per heavy atom. The van der Waals surface area contributed by atoms with Crippen molar-refractivity contribution < 1.29 is 14.3 Å². The highest BCUT2D eigenvalue weighted by Gasteiger charge is 2.18. The first kappa shape index (κ1) is 14.0. The zero-order chi connectivity index (χ0) is 14.7. The fourth-order valence-electron chi connectivity index (χ4n) is 2.05. The lowest BCUT2D eigenvalue weighted by atomic mass is 10.1. The van der Waals surface area contributed by atoms with Gasteiger partial charge >= 0.3 is 5.97 Å². The Balaban J connectivity index is 2.35. The maximum Gasteiger partial charge on any atom is 0.339 e. The number of aromatic carboxylic acids is 1. The van der Waals surface area contributed by atoms with E-state index < -0.39 is 5.97 Å². The number of halogens is 1. The highest BCUT2D eigenvalue weighted by atomic mass is 19.1. The highest BCUT2D eigenvalue weighted by Crippen LogP contribution is 2.22. The molecule has 4 nitrogen and oxygen atoms in total. The molecule has 0 amide bonds. The Bertz CT molecular complexity index is 644. The van der Waals surface area contributed by atoms with Gasteiger partial charge in [0.05, 0.1) is 0 Å². The molecular formula is C15H15FN2O2. The van der Waals surface area contributed by atoms with Gasteiger partial charge in [-0.1, -0.05) is 18.2 Å². The van der Waals surface area contributed by atoms with Gasteiger partial charge < -0.3 is 10.0 Å². The number of hydrogen-bond donors (Lipinski definition) is 1. The minimum absolute atomic E-state index is 0.145. The Hall–Kier alpha value is -2.43. The van der Waals surface area contributed by atoms with Crippen LogP contribution in [0.15, 0.2) is 36.5 Å². The Labute approximate surface area is 116 Å². The van der Waals surface area contributed by atoms with Gasteiger partial charge in [-0.2, -0.15) is 0 Å². The van der Waals surface area contributed by atoms with E-state index in [1.165, 1.54) is 6.07 Å². The summed E-state index contributed by atoms with van der Waals surface area (Å²) in [6.07, 6.45) is 1.55. The van der Waals surface area contributed by atoms with Gasteiger partial charge in [0.2, 0.25) is 0 Å². The van der Waals surface area contributed by atoms with Crippen molar-refractivity contribution in [1.82, 2.24) is 4.98 Å². The van der Waals surface area contributed by atoms with Crippen molar-refractivity contribution in [2.45, 2.75) is 13.5 Å². The average molecular weight is 274 g/mol. The predicted molar refractivity (Wildman–Crippen MR) is 74.4 cm³/mol. The first-order valence-corrected chi connectivity index (χ1v) is 6.14. The van der Waals surface area contributed by atoms with E-state index in [2.05, 4.69) is 4.98 Å². The molecular weight excluding hydrogens is 259 g/mol. The van der Waals surface area contributed by atoms with E-state index in [-0.39, 0.29) is 17.9 Å². The Morgan fingerprint density at radius 3 is 2.70 bits per heavy atom. The normalized spacial score (nSPS) is 10.3. The molecule has 0 aliphatic heterocycles. The number of carboxylic acid groups (broad SMARTS) is 1. The smallest absolute Gasteiger partial charge is 0.339 e. The summed E-state index contributed by atoms with van der Waals surface area (Å²) < 4.78 is 13.6. The fraction of sp³-hybridized carbons (Fsp3) is 0.200. The van der Waals surface area contributed by atoms with Gasteiger partial charge in [-0.05, 0) is 24.6 Å². The summed E-state index contributed by atoms with van der Waals surface area (Å²) >= 11 is 0. The second-order valence-electron chi connectivity index (χ2n) is 4.58. The average Bonchev–Trinajstić information content (AvgIpc) is 2.40. The fourth-order valence-corrected chi connectivity index (χ4v) is 2.05. The SMILES string of the molecule is Cc1ccnc(N(C)Cc2ccccc2F)c1C(=O)O. The number of carbonyl (C=O) groups is 1. The van der Waals surface area contributed by atoms with Crippen LogP contribution < -0.4 is 4.90 Å². The highest BCUT2D eigenvalue weighted by molar-refractivity contribution is 5.94. The molecule has 1 N–H and O–H groups in total. The van der Waals surface area contributed by atoms with E-state index in [1.807, 2.05) is 0 Å². The van der Waals surface area contributed by atoms with Crippen LogP contribution in [0.3, 0.4) is 0 Å². The van der Waals surface area contributed by atoms with E-state index >= 15 is 0 Å². The summed E-state index contributed by atoms with van der Waals surface area (Å²) in [5, 5.41) is 9.28. The predicted octanol–water partition coefficient (Wildman–Crippen LogP) is 2.86. The van der Waals surface area contributed by atoms with Gasteiger partial charge in [0, 0.05) is 25.4 Å². The molecule has 0 atom stereocenters. The molecule has 104 valence electrons. The molecule has 0 radical (unpaired) electrons. The monoisotopic (exact) mass is 274 g/mol. The molecule has 0 saturated carbocycles. The minimum atomic E-state index is -1.04. The largest absolute Gasteiger partial charge is 0.478 e. The number of nitrogens with zero attached hydrogens (tertiary/aromatic N) is 2. The van der Waals surface area contributed by atoms with Gasteiger partial charge in [-0.3, -0.25) is 0 Å². The van der Waals surface area contributed by atoms with Crippen LogP contribution in [0.5, 0.6) is 0 Å². The molecule has 0 spiro atoms. The van der Waals surface area contributed by atoms with E-state index in [0.29, 0.717) is 16.9 Å². The third kappa shape index (κ3) is 2.77. The van der Waals surface area contributed by atoms with Gasteiger partial charge in [-0.25, -0.2) is 14.2 Å². The van der Waals surface area contributed by atoms with Crippen LogP contribution >= 0.6 is 0 Å². The first-order chi connectivity index (χ1) is 9.50. The van der Waals surface area contributed by atoms with Gasteiger partial charge in [0.15, 0.2) is 0 Å². The summed E-state index contributed by atoms with van der Waals surface area (Å²) in [5.41, 5.74) is 1.27. The van der Waals surface area contributed by atoms with Crippen molar-refractivity contribution in [3.63, 3.8) is 0 Å². The maximum absolute atomic E-state index is 13.6. The number of hydrogen-bond acceptors (Lipinski definition) is 3. The lowest BCUT2D eigenvalue weighted by Gasteiger charge is -2.21. The molecule has 20 heavy (non-hydrogen) atoms. The second kappa shape index (κ2) is 5.69. The van der Waals surface area contributed by atoms with E-state index in [0.717, 1.165) is 0 Å². The van der Waals surface area contributed by atoms with E-state index in [9.17, 15) is 14.3 Å². The lowest BCUT2D eigenvalue weighted by molar-refractivity contribution is 0.0696. The molecule has 0 saturated heterocycles. The van der Waals surface area contributed by atoms with Crippen LogP contribution in [0.4, 0.5) is 10.2 Å². The van der Waals surface area contributed by atoms with Crippen LogP contribution in [0.2, 0.25) is 0 Å². The zero-order valence-corrected chi connectivity index (χ0v) is 11.3. The van der Waals surface area contributed by atoms with Crippen LogP contribution in [0, 0.1) is 12.7 Å². The number of rotatable bonds is 4. The van der Waals surface area contributed by atoms with Crippen LogP contribution in [0.1, 0.15) is 21.5 Å². The molecule has 2 rings (SSSR count). The van der Waals surface area contributed by atoms with Crippen LogP contribution in [0.25, 0.3) is 0 Å². The topological polar surface area (TPSA) is 53.4 Å². The second-order valence-corrected chi connectivity index (χ2v) is 4.58. The zero-order valence-electron chi connectivity index (χ0n) is 11.3. The number of anilines is 1. The summed E-state index contributed by atoms with van der Waals surface area (Å²) in [7, 11) is 1.70. The maximum atomic E-state index is 13.6. The minimum Gasteiger partial charge on any atom is -0.478 e. The number of aryl methyl sites for hydroxylation is 1. The molecule has 5 heteroatoms. The number of pyridine rings is 1. The molecule has 0 aliphatic rings. The summed E-state index contributed by atoms with van der Waals surface area (Å²) in [4.78, 5) is 17.1. The number of carboxylic acids is 1. The lowest BCUT2D eigenvalue weighted by Crippen LogP contribution is -2.22. The number of benzene rings is 1. The molecule has 0 unspecified atom stereocenters. The molecule has 1 heterocycles. The standard InChI is InChI=1S/C15H15FN2O2/c1-10-7-8-17-14(13(10)15(19)20)18(2)9-11-5-3-4-6-12(11)16/h3-8H,9H2,1-2H3,(H,19,20). The Kier molecular flexibility index (Phi) is 3.98. The van der Waals surface area contributed by atoms with Crippen molar-refractivity contribution in [2.75, 3.05) is 11.9 Å². The van der Waals surface area contributed by atoms with Gasteiger partial charge in [-0.15, -0.1) is 0 Å². The molecule has 0 bridgehead atoms. The molecule has 0 fully saturated rings. The van der Waals surface area contributed by atoms with Crippen molar-refractivity contribution in [3.05, 3.63) is 59.0 Å². The third-order valence-electron chi connectivity index (χ3n) is 3.08. The molecule has 2 aromatic rings. The Morgan fingerprint density at radius 1 is 1.35 bits per heavy atom. The third-order valence-corrected chi connectivity index (χ3v) is 3.08. The molecule has 0 aliphatic carbocycles. The van der Waals surface area contributed by atoms with Gasteiger partial charge in [0.25, 0.3) is 0 Å². The summed E-state index contributed by atoms with van der Waals surface area (Å²) in [6.45, 7) is 1.97. The summed E-state index contributed by atoms with van der Waals surface area (Å²) in [5.74, 6) is -1.02. The quantitative estimate of drug-likeness (QED) is 0.931. The van der Waals surface area contributed by atoms with E-state index in [1.54, 1.807) is 49.3 Å². The summed E-state index contributed by atoms with van der Waals surface area (Å²) in [6, 6.07) is 8.05. The first-order valence-electron chi connectivity index (χ1n) is 6.14. The van der Waals surface area contributed by atoms with Gasteiger partial charge in [0.1, 0.15) is 17.2 Å². The van der Waals surface area contributed by atoms with Crippen molar-refractivity contribution >= 4 is 11.8 Å². The number of aromatic nitrogens is 1.